The normalized spacial score (nSPS) is 18.0. The molecule has 1 rings (SSSR count). The van der Waals surface area contributed by atoms with Crippen molar-refractivity contribution in [1.29, 1.82) is 0 Å². The summed E-state index contributed by atoms with van der Waals surface area (Å²) in [7, 11) is 0. The Morgan fingerprint density at radius 2 is 2.40 bits per heavy atom. The van der Waals surface area contributed by atoms with Crippen LogP contribution in [-0.2, 0) is 4.79 Å². The van der Waals surface area contributed by atoms with Crippen molar-refractivity contribution in [2.75, 3.05) is 13.1 Å². The van der Waals surface area contributed by atoms with Gasteiger partial charge in [-0.2, -0.15) is 0 Å². The molecule has 0 aromatic heterocycles. The Morgan fingerprint density at radius 1 is 1.70 bits per heavy atom. The number of carbonyl (C=O) groups is 1. The summed E-state index contributed by atoms with van der Waals surface area (Å²) in [4.78, 5) is 11.1. The molecule has 56 valence electrons. The van der Waals surface area contributed by atoms with Gasteiger partial charge in [0, 0.05) is 25.4 Å². The first kappa shape index (κ1) is 7.48. The van der Waals surface area contributed by atoms with Crippen molar-refractivity contribution in [3.05, 3.63) is 12.7 Å². The first-order valence-corrected chi connectivity index (χ1v) is 3.69. The highest BCUT2D eigenvalue weighted by Crippen LogP contribution is 2.08. The Labute approximate surface area is 61.3 Å². The van der Waals surface area contributed by atoms with E-state index in [0.29, 0.717) is 18.1 Å². The summed E-state index contributed by atoms with van der Waals surface area (Å²) in [5.74, 6) is 0.693. The molecule has 0 saturated carbocycles. The van der Waals surface area contributed by atoms with Crippen LogP contribution in [0.15, 0.2) is 12.7 Å². The Balaban J connectivity index is 2.13. The van der Waals surface area contributed by atoms with Gasteiger partial charge in [0.2, 0.25) is 0 Å². The van der Waals surface area contributed by atoms with Crippen molar-refractivity contribution >= 4 is 5.78 Å². The standard InChI is InChI=1S/C8H13NO/c1-2-3-4-8(10)7-5-9-6-7/h2,7,9H,1,3-6H2. The number of rotatable bonds is 4. The first-order chi connectivity index (χ1) is 4.84. The van der Waals surface area contributed by atoms with Gasteiger partial charge >= 0.3 is 0 Å². The van der Waals surface area contributed by atoms with E-state index in [1.54, 1.807) is 6.08 Å². The van der Waals surface area contributed by atoms with Crippen LogP contribution in [0.1, 0.15) is 12.8 Å². The van der Waals surface area contributed by atoms with E-state index in [9.17, 15) is 4.79 Å². The van der Waals surface area contributed by atoms with Gasteiger partial charge in [0.15, 0.2) is 0 Å². The molecule has 0 unspecified atom stereocenters. The maximum atomic E-state index is 11.1. The van der Waals surface area contributed by atoms with Gasteiger partial charge in [-0.25, -0.2) is 0 Å². The Kier molecular flexibility index (Phi) is 2.63. The molecule has 0 atom stereocenters. The van der Waals surface area contributed by atoms with Crippen molar-refractivity contribution in [3.63, 3.8) is 0 Å². The lowest BCUT2D eigenvalue weighted by molar-refractivity contribution is -0.124. The second kappa shape index (κ2) is 3.52. The second-order valence-electron chi connectivity index (χ2n) is 2.65. The minimum absolute atomic E-state index is 0.306. The van der Waals surface area contributed by atoms with Gasteiger partial charge in [-0.15, -0.1) is 6.58 Å². The highest BCUT2D eigenvalue weighted by atomic mass is 16.1. The summed E-state index contributed by atoms with van der Waals surface area (Å²) in [6.07, 6.45) is 3.30. The number of ketones is 1. The predicted molar refractivity (Wildman–Crippen MR) is 40.8 cm³/mol. The third kappa shape index (κ3) is 1.67. The van der Waals surface area contributed by atoms with Crippen LogP contribution < -0.4 is 5.32 Å². The van der Waals surface area contributed by atoms with Gasteiger partial charge in [-0.05, 0) is 6.42 Å². The van der Waals surface area contributed by atoms with Crippen LogP contribution in [0.3, 0.4) is 0 Å². The second-order valence-corrected chi connectivity index (χ2v) is 2.65. The molecule has 1 saturated heterocycles. The fourth-order valence-corrected chi connectivity index (χ4v) is 0.965. The summed E-state index contributed by atoms with van der Waals surface area (Å²) in [5, 5.41) is 3.07. The SMILES string of the molecule is C=CCCC(=O)C1CNC1. The van der Waals surface area contributed by atoms with Crippen molar-refractivity contribution in [3.8, 4) is 0 Å². The van der Waals surface area contributed by atoms with Gasteiger partial charge in [0.25, 0.3) is 0 Å². The number of hydrogen-bond acceptors (Lipinski definition) is 2. The van der Waals surface area contributed by atoms with Crippen molar-refractivity contribution < 1.29 is 4.79 Å². The van der Waals surface area contributed by atoms with E-state index in [-0.39, 0.29) is 0 Å². The minimum atomic E-state index is 0.306. The van der Waals surface area contributed by atoms with Crippen molar-refractivity contribution in [1.82, 2.24) is 5.32 Å². The molecule has 0 bridgehead atoms. The average molecular weight is 139 g/mol. The Bertz CT molecular complexity index is 138. The molecule has 2 heteroatoms. The molecule has 1 N–H and O–H groups in total. The van der Waals surface area contributed by atoms with Crippen LogP contribution in [0.4, 0.5) is 0 Å². The van der Waals surface area contributed by atoms with Gasteiger partial charge in [0.1, 0.15) is 5.78 Å². The van der Waals surface area contributed by atoms with E-state index >= 15 is 0 Å². The van der Waals surface area contributed by atoms with Crippen LogP contribution in [0.25, 0.3) is 0 Å². The fraction of sp³-hybridized carbons (Fsp3) is 0.625. The molecule has 0 amide bonds. The summed E-state index contributed by atoms with van der Waals surface area (Å²) >= 11 is 0. The molecule has 1 aliphatic heterocycles. The highest BCUT2D eigenvalue weighted by Gasteiger charge is 2.23. The monoisotopic (exact) mass is 139 g/mol. The van der Waals surface area contributed by atoms with Crippen LogP contribution in [0.5, 0.6) is 0 Å². The lowest BCUT2D eigenvalue weighted by Crippen LogP contribution is -2.46. The van der Waals surface area contributed by atoms with Crippen molar-refractivity contribution in [2.45, 2.75) is 12.8 Å². The van der Waals surface area contributed by atoms with E-state index in [4.69, 9.17) is 0 Å². The molecular weight excluding hydrogens is 126 g/mol. The number of nitrogens with one attached hydrogen (secondary N) is 1. The molecule has 1 aliphatic rings. The molecule has 1 heterocycles. The molecule has 0 spiro atoms. The van der Waals surface area contributed by atoms with Gasteiger partial charge < -0.3 is 5.32 Å². The molecule has 10 heavy (non-hydrogen) atoms. The quantitative estimate of drug-likeness (QED) is 0.582. The van der Waals surface area contributed by atoms with E-state index in [2.05, 4.69) is 11.9 Å². The lowest BCUT2D eigenvalue weighted by Gasteiger charge is -2.25. The highest BCUT2D eigenvalue weighted by molar-refractivity contribution is 5.82. The molecule has 0 aliphatic carbocycles. The smallest absolute Gasteiger partial charge is 0.138 e. The van der Waals surface area contributed by atoms with Gasteiger partial charge in [-0.3, -0.25) is 4.79 Å². The average Bonchev–Trinajstić information content (AvgIpc) is 1.79. The Morgan fingerprint density at radius 3 is 2.80 bits per heavy atom. The largest absolute Gasteiger partial charge is 0.315 e. The van der Waals surface area contributed by atoms with Crippen LogP contribution in [0.2, 0.25) is 0 Å². The number of Topliss-reactive ketones (excluding diaryl/α,β-unsaturated/α-hetero) is 1. The molecule has 2 nitrogen and oxygen atoms in total. The summed E-state index contributed by atoms with van der Waals surface area (Å²) in [6, 6.07) is 0. The van der Waals surface area contributed by atoms with Gasteiger partial charge in [0.05, 0.1) is 0 Å². The predicted octanol–water partition coefficient (Wildman–Crippen LogP) is 0.741. The molecular formula is C8H13NO. The first-order valence-electron chi connectivity index (χ1n) is 3.69. The van der Waals surface area contributed by atoms with E-state index < -0.39 is 0 Å². The van der Waals surface area contributed by atoms with Crippen molar-refractivity contribution in [2.24, 2.45) is 5.92 Å². The van der Waals surface area contributed by atoms with E-state index in [0.717, 1.165) is 19.5 Å². The summed E-state index contributed by atoms with van der Waals surface area (Å²) in [5.41, 5.74) is 0. The number of hydrogen-bond donors (Lipinski definition) is 1. The third-order valence-corrected chi connectivity index (χ3v) is 1.83. The van der Waals surface area contributed by atoms with Gasteiger partial charge in [-0.1, -0.05) is 6.08 Å². The zero-order valence-electron chi connectivity index (χ0n) is 6.10. The van der Waals surface area contributed by atoms with E-state index in [1.807, 2.05) is 0 Å². The maximum Gasteiger partial charge on any atom is 0.138 e. The molecule has 1 fully saturated rings. The fourth-order valence-electron chi connectivity index (χ4n) is 0.965. The summed E-state index contributed by atoms with van der Waals surface area (Å²) in [6.45, 7) is 5.34. The summed E-state index contributed by atoms with van der Waals surface area (Å²) < 4.78 is 0. The maximum absolute atomic E-state index is 11.1. The minimum Gasteiger partial charge on any atom is -0.315 e. The van der Waals surface area contributed by atoms with Crippen LogP contribution >= 0.6 is 0 Å². The van der Waals surface area contributed by atoms with E-state index in [1.165, 1.54) is 0 Å². The molecule has 0 radical (unpaired) electrons. The van der Waals surface area contributed by atoms with Crippen LogP contribution in [-0.4, -0.2) is 18.9 Å². The molecule has 0 aromatic carbocycles. The lowest BCUT2D eigenvalue weighted by atomic mass is 9.95. The molecule has 0 aromatic rings. The van der Waals surface area contributed by atoms with Crippen LogP contribution in [0, 0.1) is 5.92 Å². The topological polar surface area (TPSA) is 29.1 Å². The number of allylic oxidation sites excluding steroid dienone is 1. The zero-order chi connectivity index (χ0) is 7.40. The third-order valence-electron chi connectivity index (χ3n) is 1.83. The zero-order valence-corrected chi connectivity index (χ0v) is 6.10. The Hall–Kier alpha value is -0.630. The number of carbonyl (C=O) groups excluding carboxylic acids is 1.